The quantitative estimate of drug-likeness (QED) is 0.889. The number of ether oxygens (including phenoxy) is 1. The lowest BCUT2D eigenvalue weighted by molar-refractivity contribution is 0.0199. The normalized spacial score (nSPS) is 20.6. The number of carbonyl (C=O) groups is 1. The van der Waals surface area contributed by atoms with Crippen molar-refractivity contribution in [3.8, 4) is 11.4 Å². The number of amides is 1. The summed E-state index contributed by atoms with van der Waals surface area (Å²) in [6.45, 7) is 5.55. The molecule has 2 heterocycles. The number of likely N-dealkylation sites (tertiary alicyclic amines) is 1. The lowest BCUT2D eigenvalue weighted by Gasteiger charge is -2.27. The van der Waals surface area contributed by atoms with E-state index in [9.17, 15) is 9.90 Å². The largest absolute Gasteiger partial charge is 0.444 e. The highest BCUT2D eigenvalue weighted by Crippen LogP contribution is 2.31. The Bertz CT molecular complexity index is 730. The second kappa shape index (κ2) is 6.72. The van der Waals surface area contributed by atoms with Crippen molar-refractivity contribution in [3.63, 3.8) is 0 Å². The summed E-state index contributed by atoms with van der Waals surface area (Å²) in [5, 5.41) is 26.4. The molecule has 1 amide bonds. The molecule has 1 N–H and O–H groups in total. The predicted molar refractivity (Wildman–Crippen MR) is 89.4 cm³/mol. The Morgan fingerprint density at radius 1 is 1.16 bits per heavy atom. The minimum absolute atomic E-state index is 0.170. The first-order chi connectivity index (χ1) is 11.8. The number of aromatic nitrogens is 4. The van der Waals surface area contributed by atoms with Crippen molar-refractivity contribution in [2.75, 3.05) is 6.54 Å². The monoisotopic (exact) mass is 343 g/mol. The molecule has 1 aromatic heterocycles. The maximum absolute atomic E-state index is 12.4. The molecule has 1 fully saturated rings. The number of rotatable bonds is 2. The standard InChI is InChI=1S/C17H21N5O3/c1-17(2,3)25-16(24)22-10-12(23)9-13(22)15-20-18-14(19-21-15)11-7-5-4-6-8-11/h4-8,12-13,23H,9-10H2,1-3H3. The van der Waals surface area contributed by atoms with Crippen molar-refractivity contribution in [1.82, 2.24) is 25.3 Å². The highest BCUT2D eigenvalue weighted by Gasteiger charge is 2.39. The van der Waals surface area contributed by atoms with E-state index in [2.05, 4.69) is 20.4 Å². The third-order valence-electron chi connectivity index (χ3n) is 3.73. The lowest BCUT2D eigenvalue weighted by Crippen LogP contribution is -2.37. The fourth-order valence-corrected chi connectivity index (χ4v) is 2.65. The molecule has 8 heteroatoms. The van der Waals surface area contributed by atoms with Crippen molar-refractivity contribution in [1.29, 1.82) is 0 Å². The van der Waals surface area contributed by atoms with Crippen LogP contribution in [0, 0.1) is 0 Å². The van der Waals surface area contributed by atoms with Crippen LogP contribution >= 0.6 is 0 Å². The van der Waals surface area contributed by atoms with Crippen molar-refractivity contribution in [3.05, 3.63) is 36.2 Å². The van der Waals surface area contributed by atoms with E-state index in [1.165, 1.54) is 4.90 Å². The summed E-state index contributed by atoms with van der Waals surface area (Å²) in [5.41, 5.74) is 0.188. The first kappa shape index (κ1) is 17.2. The summed E-state index contributed by atoms with van der Waals surface area (Å²) in [7, 11) is 0. The molecule has 2 atom stereocenters. The van der Waals surface area contributed by atoms with Crippen LogP contribution in [0.25, 0.3) is 11.4 Å². The summed E-state index contributed by atoms with van der Waals surface area (Å²) in [5.74, 6) is 0.703. The van der Waals surface area contributed by atoms with Gasteiger partial charge in [-0.05, 0) is 20.8 Å². The van der Waals surface area contributed by atoms with Gasteiger partial charge in [0.05, 0.1) is 12.6 Å². The maximum atomic E-state index is 12.4. The van der Waals surface area contributed by atoms with E-state index in [0.717, 1.165) is 5.56 Å². The Hall–Kier alpha value is -2.61. The molecule has 2 aromatic rings. The van der Waals surface area contributed by atoms with Crippen molar-refractivity contribution in [2.24, 2.45) is 0 Å². The minimum Gasteiger partial charge on any atom is -0.444 e. The molecule has 0 spiro atoms. The Morgan fingerprint density at radius 2 is 1.80 bits per heavy atom. The van der Waals surface area contributed by atoms with Crippen LogP contribution in [0.15, 0.2) is 30.3 Å². The summed E-state index contributed by atoms with van der Waals surface area (Å²) in [6, 6.07) is 8.89. The molecular formula is C17H21N5O3. The summed E-state index contributed by atoms with van der Waals surface area (Å²) < 4.78 is 5.39. The van der Waals surface area contributed by atoms with Gasteiger partial charge in [0.15, 0.2) is 5.82 Å². The zero-order valence-corrected chi connectivity index (χ0v) is 14.5. The van der Waals surface area contributed by atoms with Crippen molar-refractivity contribution in [2.45, 2.75) is 44.9 Å². The topological polar surface area (TPSA) is 101 Å². The molecular weight excluding hydrogens is 322 g/mol. The average Bonchev–Trinajstić information content (AvgIpc) is 2.96. The number of nitrogens with zero attached hydrogens (tertiary/aromatic N) is 5. The molecule has 132 valence electrons. The van der Waals surface area contributed by atoms with Crippen LogP contribution in [0.4, 0.5) is 4.79 Å². The van der Waals surface area contributed by atoms with E-state index in [0.29, 0.717) is 18.1 Å². The van der Waals surface area contributed by atoms with Gasteiger partial charge in [-0.3, -0.25) is 4.90 Å². The van der Waals surface area contributed by atoms with Gasteiger partial charge in [-0.25, -0.2) is 4.79 Å². The Labute approximate surface area is 145 Å². The number of carbonyl (C=O) groups excluding carboxylic acids is 1. The number of hydrogen-bond acceptors (Lipinski definition) is 7. The molecule has 1 aliphatic heterocycles. The lowest BCUT2D eigenvalue weighted by atomic mass is 10.2. The van der Waals surface area contributed by atoms with Gasteiger partial charge in [-0.1, -0.05) is 30.3 Å². The minimum atomic E-state index is -0.657. The fourth-order valence-electron chi connectivity index (χ4n) is 2.65. The van der Waals surface area contributed by atoms with Crippen LogP contribution in [-0.2, 0) is 4.74 Å². The third-order valence-corrected chi connectivity index (χ3v) is 3.73. The molecule has 0 saturated carbocycles. The predicted octanol–water partition coefficient (Wildman–Crippen LogP) is 1.98. The number of hydrogen-bond donors (Lipinski definition) is 1. The molecule has 25 heavy (non-hydrogen) atoms. The van der Waals surface area contributed by atoms with E-state index in [1.54, 1.807) is 20.8 Å². The Balaban J connectivity index is 1.80. The number of β-amino-alcohol motifs (C(OH)–C–C–N with tert-alkyl or cyclic N) is 1. The number of aliphatic hydroxyl groups excluding tert-OH is 1. The van der Waals surface area contributed by atoms with Crippen LogP contribution in [0.3, 0.4) is 0 Å². The highest BCUT2D eigenvalue weighted by atomic mass is 16.6. The summed E-state index contributed by atoms with van der Waals surface area (Å²) >= 11 is 0. The van der Waals surface area contributed by atoms with Crippen LogP contribution in [-0.4, -0.2) is 54.7 Å². The third kappa shape index (κ3) is 4.08. The summed E-state index contributed by atoms with van der Waals surface area (Å²) in [6.07, 6.45) is -0.840. The van der Waals surface area contributed by atoms with E-state index in [-0.39, 0.29) is 6.54 Å². The van der Waals surface area contributed by atoms with Crippen molar-refractivity contribution >= 4 is 6.09 Å². The van der Waals surface area contributed by atoms with Gasteiger partial charge in [-0.15, -0.1) is 20.4 Å². The van der Waals surface area contributed by atoms with Gasteiger partial charge in [-0.2, -0.15) is 0 Å². The zero-order valence-electron chi connectivity index (χ0n) is 14.5. The van der Waals surface area contributed by atoms with Gasteiger partial charge in [0, 0.05) is 12.0 Å². The van der Waals surface area contributed by atoms with Crippen molar-refractivity contribution < 1.29 is 14.6 Å². The zero-order chi connectivity index (χ0) is 18.0. The second-order valence-electron chi connectivity index (χ2n) is 6.99. The molecule has 1 aliphatic rings. The molecule has 1 saturated heterocycles. The van der Waals surface area contributed by atoms with Crippen LogP contribution in [0.5, 0.6) is 0 Å². The highest BCUT2D eigenvalue weighted by molar-refractivity contribution is 5.69. The molecule has 0 bridgehead atoms. The van der Waals surface area contributed by atoms with E-state index in [4.69, 9.17) is 4.74 Å². The molecule has 3 rings (SSSR count). The van der Waals surface area contributed by atoms with Gasteiger partial charge in [0.1, 0.15) is 11.6 Å². The molecule has 1 aromatic carbocycles. The fraction of sp³-hybridized carbons (Fsp3) is 0.471. The van der Waals surface area contributed by atoms with Crippen LogP contribution in [0.2, 0.25) is 0 Å². The summed E-state index contributed by atoms with van der Waals surface area (Å²) in [4.78, 5) is 13.8. The van der Waals surface area contributed by atoms with E-state index in [1.807, 2.05) is 30.3 Å². The van der Waals surface area contributed by atoms with E-state index < -0.39 is 23.8 Å². The number of benzene rings is 1. The Kier molecular flexibility index (Phi) is 4.63. The molecule has 2 unspecified atom stereocenters. The first-order valence-corrected chi connectivity index (χ1v) is 8.14. The SMILES string of the molecule is CC(C)(C)OC(=O)N1CC(O)CC1c1nnc(-c2ccccc2)nn1. The first-order valence-electron chi connectivity index (χ1n) is 8.14. The van der Waals surface area contributed by atoms with Gasteiger partial charge >= 0.3 is 6.09 Å². The van der Waals surface area contributed by atoms with Crippen LogP contribution in [0.1, 0.15) is 39.1 Å². The van der Waals surface area contributed by atoms with Gasteiger partial charge < -0.3 is 9.84 Å². The van der Waals surface area contributed by atoms with Crippen LogP contribution < -0.4 is 0 Å². The molecule has 8 nitrogen and oxygen atoms in total. The van der Waals surface area contributed by atoms with E-state index >= 15 is 0 Å². The average molecular weight is 343 g/mol. The van der Waals surface area contributed by atoms with Gasteiger partial charge in [0.2, 0.25) is 5.82 Å². The smallest absolute Gasteiger partial charge is 0.411 e. The maximum Gasteiger partial charge on any atom is 0.411 e. The molecule has 0 aliphatic carbocycles. The van der Waals surface area contributed by atoms with Gasteiger partial charge in [0.25, 0.3) is 0 Å². The molecule has 0 radical (unpaired) electrons. The Morgan fingerprint density at radius 3 is 2.40 bits per heavy atom. The second-order valence-corrected chi connectivity index (χ2v) is 6.99. The number of aliphatic hydroxyl groups is 1.